The van der Waals surface area contributed by atoms with Crippen molar-refractivity contribution in [3.8, 4) is 0 Å². The van der Waals surface area contributed by atoms with Gasteiger partial charge in [-0.3, -0.25) is 15.1 Å². The van der Waals surface area contributed by atoms with Crippen molar-refractivity contribution >= 4 is 17.4 Å². The number of amides is 2. The number of carbonyl (C=O) groups excluding carboxylic acids is 1. The summed E-state index contributed by atoms with van der Waals surface area (Å²) in [5, 5.41) is 15.7. The number of halogens is 1. The molecule has 2 amide bonds. The topological polar surface area (TPSA) is 97.2 Å². The average Bonchev–Trinajstić information content (AvgIpc) is 2.47. The Kier molecular flexibility index (Phi) is 9.26. The van der Waals surface area contributed by atoms with E-state index in [9.17, 15) is 14.9 Å². The van der Waals surface area contributed by atoms with Crippen molar-refractivity contribution in [3.05, 3.63) is 64.5 Å². The molecular weight excluding hydrogens is 408 g/mol. The Morgan fingerprint density at radius 2 is 1.91 bits per heavy atom. The second-order valence-electron chi connectivity index (χ2n) is 3.97. The molecule has 0 saturated heterocycles. The maximum atomic E-state index is 11.6. The van der Waals surface area contributed by atoms with Crippen LogP contribution in [0, 0.1) is 10.1 Å². The SMILES string of the molecule is O=C(NCc1cccnc1)Nc1ccc([N+](=O)[O-])cc1.[Cd+2].[Cl-]. The molecule has 7 nitrogen and oxygen atoms in total. The van der Waals surface area contributed by atoms with Crippen molar-refractivity contribution in [3.63, 3.8) is 0 Å². The minimum absolute atomic E-state index is 0. The van der Waals surface area contributed by atoms with Crippen LogP contribution in [0.3, 0.4) is 0 Å². The van der Waals surface area contributed by atoms with Crippen molar-refractivity contribution in [2.45, 2.75) is 6.54 Å². The van der Waals surface area contributed by atoms with Crippen LogP contribution in [0.4, 0.5) is 16.2 Å². The van der Waals surface area contributed by atoms with Gasteiger partial charge in [0.05, 0.1) is 4.92 Å². The zero-order chi connectivity index (χ0) is 14.4. The zero-order valence-electron chi connectivity index (χ0n) is 11.5. The first-order valence-corrected chi connectivity index (χ1v) is 5.83. The number of nitrogens with one attached hydrogen (secondary N) is 2. The maximum Gasteiger partial charge on any atom is 2.00 e. The van der Waals surface area contributed by atoms with Gasteiger partial charge in [-0.1, -0.05) is 6.07 Å². The van der Waals surface area contributed by atoms with E-state index in [1.165, 1.54) is 24.3 Å². The number of nitrogens with zero attached hydrogens (tertiary/aromatic N) is 2. The van der Waals surface area contributed by atoms with Crippen LogP contribution in [0.1, 0.15) is 5.56 Å². The van der Waals surface area contributed by atoms with E-state index in [-0.39, 0.29) is 51.4 Å². The van der Waals surface area contributed by atoms with Gasteiger partial charge in [0.25, 0.3) is 5.69 Å². The molecule has 0 aliphatic carbocycles. The minimum Gasteiger partial charge on any atom is -1.00 e. The molecule has 110 valence electrons. The van der Waals surface area contributed by atoms with Crippen LogP contribution in [-0.4, -0.2) is 15.9 Å². The third kappa shape index (κ3) is 6.35. The number of aromatic nitrogens is 1. The minimum atomic E-state index is -0.494. The number of pyridine rings is 1. The molecule has 0 aliphatic rings. The first-order chi connectivity index (χ1) is 9.65. The fourth-order valence-corrected chi connectivity index (χ4v) is 1.53. The van der Waals surface area contributed by atoms with E-state index < -0.39 is 4.92 Å². The van der Waals surface area contributed by atoms with Crippen LogP contribution in [0.5, 0.6) is 0 Å². The smallest absolute Gasteiger partial charge is 1.00 e. The van der Waals surface area contributed by atoms with Crippen molar-refractivity contribution in [2.24, 2.45) is 0 Å². The summed E-state index contributed by atoms with van der Waals surface area (Å²) in [4.78, 5) is 25.6. The van der Waals surface area contributed by atoms with Crippen LogP contribution in [0.25, 0.3) is 0 Å². The quantitative estimate of drug-likeness (QED) is 0.389. The Balaban J connectivity index is 0.00000220. The van der Waals surface area contributed by atoms with Crippen LogP contribution in [-0.2, 0) is 33.8 Å². The summed E-state index contributed by atoms with van der Waals surface area (Å²) in [6, 6.07) is 8.85. The summed E-state index contributed by atoms with van der Waals surface area (Å²) in [6.45, 7) is 0.354. The van der Waals surface area contributed by atoms with E-state index in [1.54, 1.807) is 18.5 Å². The molecular formula is C13H12CdClN4O3+. The van der Waals surface area contributed by atoms with E-state index >= 15 is 0 Å². The predicted molar refractivity (Wildman–Crippen MR) is 73.2 cm³/mol. The van der Waals surface area contributed by atoms with Gasteiger partial charge in [-0.15, -0.1) is 0 Å². The predicted octanol–water partition coefficient (Wildman–Crippen LogP) is -0.687. The first kappa shape index (κ1) is 20.3. The normalized spacial score (nSPS) is 8.91. The molecule has 22 heavy (non-hydrogen) atoms. The van der Waals surface area contributed by atoms with E-state index in [1.807, 2.05) is 6.07 Å². The van der Waals surface area contributed by atoms with Crippen molar-refractivity contribution in [1.29, 1.82) is 0 Å². The van der Waals surface area contributed by atoms with Crippen LogP contribution in [0.2, 0.25) is 0 Å². The van der Waals surface area contributed by atoms with E-state index in [2.05, 4.69) is 15.6 Å². The Hall–Kier alpha value is -1.75. The maximum absolute atomic E-state index is 11.6. The van der Waals surface area contributed by atoms with Crippen molar-refractivity contribution in [1.82, 2.24) is 10.3 Å². The second-order valence-corrected chi connectivity index (χ2v) is 3.97. The molecule has 0 fully saturated rings. The molecule has 0 unspecified atom stereocenters. The molecule has 2 N–H and O–H groups in total. The van der Waals surface area contributed by atoms with E-state index in [0.717, 1.165) is 5.56 Å². The van der Waals surface area contributed by atoms with Crippen molar-refractivity contribution in [2.75, 3.05) is 5.32 Å². The number of hydrogen-bond donors (Lipinski definition) is 2. The second kappa shape index (κ2) is 10.1. The Bertz CT molecular complexity index is 610. The number of benzene rings is 1. The summed E-state index contributed by atoms with van der Waals surface area (Å²) in [6.07, 6.45) is 3.31. The van der Waals surface area contributed by atoms with Gasteiger partial charge < -0.3 is 23.0 Å². The summed E-state index contributed by atoms with van der Waals surface area (Å²) in [5.74, 6) is 0. The number of carbonyl (C=O) groups is 1. The van der Waals surface area contributed by atoms with Crippen molar-refractivity contribution < 1.29 is 49.4 Å². The Morgan fingerprint density at radius 3 is 2.45 bits per heavy atom. The first-order valence-electron chi connectivity index (χ1n) is 5.83. The van der Waals surface area contributed by atoms with Gasteiger partial charge in [0.2, 0.25) is 0 Å². The van der Waals surface area contributed by atoms with Gasteiger partial charge in [-0.25, -0.2) is 4.79 Å². The third-order valence-electron chi connectivity index (χ3n) is 2.51. The van der Waals surface area contributed by atoms with Crippen LogP contribution >= 0.6 is 0 Å². The summed E-state index contributed by atoms with van der Waals surface area (Å²) < 4.78 is 0. The van der Waals surface area contributed by atoms with Crippen LogP contribution < -0.4 is 23.0 Å². The number of nitro benzene ring substituents is 1. The van der Waals surface area contributed by atoms with Gasteiger partial charge in [-0.05, 0) is 23.8 Å². The fourth-order valence-electron chi connectivity index (χ4n) is 1.53. The molecule has 2 rings (SSSR count). The summed E-state index contributed by atoms with van der Waals surface area (Å²) >= 11 is 0. The summed E-state index contributed by atoms with van der Waals surface area (Å²) in [7, 11) is 0. The number of rotatable bonds is 4. The number of anilines is 1. The van der Waals surface area contributed by atoms with Gasteiger partial charge >= 0.3 is 33.3 Å². The number of non-ortho nitro benzene ring substituents is 1. The van der Waals surface area contributed by atoms with Gasteiger partial charge in [0.15, 0.2) is 0 Å². The monoisotopic (exact) mass is 421 g/mol. The molecule has 1 aromatic heterocycles. The molecule has 0 bridgehead atoms. The molecule has 2 aromatic rings. The molecule has 0 radical (unpaired) electrons. The molecule has 9 heteroatoms. The van der Waals surface area contributed by atoms with E-state index in [0.29, 0.717) is 12.2 Å². The number of nitro groups is 1. The molecule has 0 spiro atoms. The largest absolute Gasteiger partial charge is 2.00 e. The summed E-state index contributed by atoms with van der Waals surface area (Å²) in [5.41, 5.74) is 1.34. The molecule has 0 saturated carbocycles. The van der Waals surface area contributed by atoms with Gasteiger partial charge in [0.1, 0.15) is 0 Å². The van der Waals surface area contributed by atoms with Gasteiger partial charge in [-0.2, -0.15) is 0 Å². The number of urea groups is 1. The standard InChI is InChI=1S/C13H12N4O3.Cd.ClH/c18-13(15-9-10-2-1-7-14-8-10)16-11-3-5-12(6-4-11)17(19)20;;/h1-8H,9H2,(H2,15,16,18);;1H/q;+2;/p-1. The average molecular weight is 420 g/mol. The third-order valence-corrected chi connectivity index (χ3v) is 2.51. The van der Waals surface area contributed by atoms with Crippen LogP contribution in [0.15, 0.2) is 48.8 Å². The molecule has 0 atom stereocenters. The Labute approximate surface area is 153 Å². The Morgan fingerprint density at radius 1 is 1.23 bits per heavy atom. The van der Waals surface area contributed by atoms with E-state index in [4.69, 9.17) is 0 Å². The molecule has 1 aromatic carbocycles. The van der Waals surface area contributed by atoms with Gasteiger partial charge in [0, 0.05) is 36.8 Å². The number of hydrogen-bond acceptors (Lipinski definition) is 4. The zero-order valence-corrected chi connectivity index (χ0v) is 16.3. The molecule has 1 heterocycles. The molecule has 0 aliphatic heterocycles. The fraction of sp³-hybridized carbons (Fsp3) is 0.0769.